The molecule has 0 fully saturated rings. The standard InChI is InChI=1S/C16H13F3N2S/c1-20(13-6-4-5-12(11-13)16(17,18)19)15-14(7-10-22-15)21-8-2-3-9-21/h2-11H,1H3. The second-order valence-corrected chi connectivity index (χ2v) is 5.70. The maximum absolute atomic E-state index is 12.9. The van der Waals surface area contributed by atoms with Gasteiger partial charge in [0.25, 0.3) is 0 Å². The number of alkyl halides is 3. The number of thiophene rings is 1. The van der Waals surface area contributed by atoms with Crippen molar-refractivity contribution in [1.82, 2.24) is 4.57 Å². The zero-order chi connectivity index (χ0) is 15.7. The van der Waals surface area contributed by atoms with E-state index in [4.69, 9.17) is 0 Å². The smallest absolute Gasteiger partial charge is 0.335 e. The van der Waals surface area contributed by atoms with E-state index in [-0.39, 0.29) is 0 Å². The van der Waals surface area contributed by atoms with Gasteiger partial charge >= 0.3 is 6.18 Å². The van der Waals surface area contributed by atoms with E-state index in [0.717, 1.165) is 16.8 Å². The molecule has 0 aliphatic carbocycles. The lowest BCUT2D eigenvalue weighted by Crippen LogP contribution is -2.12. The van der Waals surface area contributed by atoms with Crippen LogP contribution in [0.25, 0.3) is 5.69 Å². The molecule has 0 bridgehead atoms. The van der Waals surface area contributed by atoms with Crippen molar-refractivity contribution >= 4 is 22.0 Å². The number of rotatable bonds is 3. The number of halogens is 3. The van der Waals surface area contributed by atoms with Gasteiger partial charge in [0.1, 0.15) is 5.00 Å². The highest BCUT2D eigenvalue weighted by Crippen LogP contribution is 2.37. The van der Waals surface area contributed by atoms with E-state index in [0.29, 0.717) is 5.69 Å². The molecule has 0 amide bonds. The third-order valence-electron chi connectivity index (χ3n) is 3.37. The highest BCUT2D eigenvalue weighted by Gasteiger charge is 2.30. The molecule has 0 saturated carbocycles. The molecular formula is C16H13F3N2S. The van der Waals surface area contributed by atoms with Crippen LogP contribution in [0.2, 0.25) is 0 Å². The number of anilines is 2. The summed E-state index contributed by atoms with van der Waals surface area (Å²) in [5, 5.41) is 2.81. The first kappa shape index (κ1) is 14.7. The Morgan fingerprint density at radius 1 is 1.05 bits per heavy atom. The molecule has 22 heavy (non-hydrogen) atoms. The Hall–Kier alpha value is -2.21. The molecule has 0 N–H and O–H groups in total. The fourth-order valence-electron chi connectivity index (χ4n) is 2.25. The van der Waals surface area contributed by atoms with Crippen molar-refractivity contribution in [3.05, 3.63) is 65.8 Å². The van der Waals surface area contributed by atoms with Crippen molar-refractivity contribution in [1.29, 1.82) is 0 Å². The minimum atomic E-state index is -4.34. The minimum absolute atomic E-state index is 0.505. The largest absolute Gasteiger partial charge is 0.416 e. The van der Waals surface area contributed by atoms with Crippen molar-refractivity contribution < 1.29 is 13.2 Å². The van der Waals surface area contributed by atoms with Gasteiger partial charge in [-0.05, 0) is 41.8 Å². The van der Waals surface area contributed by atoms with Gasteiger partial charge in [-0.3, -0.25) is 0 Å². The molecule has 2 nitrogen and oxygen atoms in total. The van der Waals surface area contributed by atoms with E-state index in [9.17, 15) is 13.2 Å². The van der Waals surface area contributed by atoms with Crippen LogP contribution in [-0.2, 0) is 6.18 Å². The third-order valence-corrected chi connectivity index (χ3v) is 4.35. The third kappa shape index (κ3) is 2.74. The van der Waals surface area contributed by atoms with Crippen molar-refractivity contribution in [3.8, 4) is 5.69 Å². The van der Waals surface area contributed by atoms with Gasteiger partial charge in [0.15, 0.2) is 0 Å². The number of nitrogens with zero attached hydrogens (tertiary/aromatic N) is 2. The quantitative estimate of drug-likeness (QED) is 0.633. The van der Waals surface area contributed by atoms with E-state index < -0.39 is 11.7 Å². The molecule has 6 heteroatoms. The lowest BCUT2D eigenvalue weighted by Gasteiger charge is -2.21. The lowest BCUT2D eigenvalue weighted by molar-refractivity contribution is -0.137. The minimum Gasteiger partial charge on any atom is -0.335 e. The summed E-state index contributed by atoms with van der Waals surface area (Å²) in [4.78, 5) is 1.77. The van der Waals surface area contributed by atoms with Crippen LogP contribution < -0.4 is 4.90 Å². The number of hydrogen-bond acceptors (Lipinski definition) is 2. The van der Waals surface area contributed by atoms with Crippen LogP contribution in [0.1, 0.15) is 5.56 Å². The molecular weight excluding hydrogens is 309 g/mol. The van der Waals surface area contributed by atoms with Crippen molar-refractivity contribution in [2.45, 2.75) is 6.18 Å². The number of benzene rings is 1. The molecule has 3 rings (SSSR count). The van der Waals surface area contributed by atoms with Crippen molar-refractivity contribution in [2.24, 2.45) is 0 Å². The van der Waals surface area contributed by atoms with Crippen molar-refractivity contribution in [2.75, 3.05) is 11.9 Å². The summed E-state index contributed by atoms with van der Waals surface area (Å²) in [5.41, 5.74) is 0.802. The summed E-state index contributed by atoms with van der Waals surface area (Å²) in [6.45, 7) is 0. The topological polar surface area (TPSA) is 8.17 Å². The lowest BCUT2D eigenvalue weighted by atomic mass is 10.2. The zero-order valence-corrected chi connectivity index (χ0v) is 12.5. The average Bonchev–Trinajstić information content (AvgIpc) is 3.16. The van der Waals surface area contributed by atoms with Gasteiger partial charge in [0.2, 0.25) is 0 Å². The normalized spacial score (nSPS) is 11.6. The monoisotopic (exact) mass is 322 g/mol. The van der Waals surface area contributed by atoms with Crippen LogP contribution in [0.15, 0.2) is 60.2 Å². The van der Waals surface area contributed by atoms with Gasteiger partial charge in [0, 0.05) is 25.1 Å². The molecule has 0 saturated heterocycles. The zero-order valence-electron chi connectivity index (χ0n) is 11.7. The predicted octanol–water partition coefficient (Wildman–Crippen LogP) is 5.33. The van der Waals surface area contributed by atoms with Gasteiger partial charge in [-0.15, -0.1) is 11.3 Å². The molecule has 114 valence electrons. The molecule has 1 aromatic carbocycles. The second kappa shape index (κ2) is 5.53. The van der Waals surface area contributed by atoms with Gasteiger partial charge in [0.05, 0.1) is 11.3 Å². The first-order chi connectivity index (χ1) is 10.5. The first-order valence-corrected chi connectivity index (χ1v) is 7.46. The van der Waals surface area contributed by atoms with E-state index in [1.807, 2.05) is 40.5 Å². The van der Waals surface area contributed by atoms with E-state index in [1.54, 1.807) is 18.0 Å². The molecule has 3 aromatic rings. The molecule has 0 unspecified atom stereocenters. The van der Waals surface area contributed by atoms with Crippen LogP contribution in [0.3, 0.4) is 0 Å². The summed E-state index contributed by atoms with van der Waals surface area (Å²) < 4.78 is 40.5. The Kier molecular flexibility index (Phi) is 3.70. The summed E-state index contributed by atoms with van der Waals surface area (Å²) in [6.07, 6.45) is -0.521. The Bertz CT molecular complexity index is 760. The van der Waals surface area contributed by atoms with Gasteiger partial charge in [-0.2, -0.15) is 13.2 Å². The predicted molar refractivity (Wildman–Crippen MR) is 83.2 cm³/mol. The number of hydrogen-bond donors (Lipinski definition) is 0. The van der Waals surface area contributed by atoms with E-state index in [1.165, 1.54) is 23.5 Å². The van der Waals surface area contributed by atoms with E-state index in [2.05, 4.69) is 0 Å². The van der Waals surface area contributed by atoms with Crippen LogP contribution in [-0.4, -0.2) is 11.6 Å². The Morgan fingerprint density at radius 3 is 2.45 bits per heavy atom. The van der Waals surface area contributed by atoms with Gasteiger partial charge in [-0.1, -0.05) is 6.07 Å². The maximum Gasteiger partial charge on any atom is 0.416 e. The molecule has 0 aliphatic rings. The summed E-state index contributed by atoms with van der Waals surface area (Å²) in [5.74, 6) is 0. The van der Waals surface area contributed by atoms with Crippen LogP contribution in [0.5, 0.6) is 0 Å². The fourth-order valence-corrected chi connectivity index (χ4v) is 3.13. The highest BCUT2D eigenvalue weighted by atomic mass is 32.1. The Morgan fingerprint density at radius 2 is 1.77 bits per heavy atom. The van der Waals surface area contributed by atoms with Crippen LogP contribution >= 0.6 is 11.3 Å². The fraction of sp³-hybridized carbons (Fsp3) is 0.125. The molecule has 0 aliphatic heterocycles. The van der Waals surface area contributed by atoms with Crippen LogP contribution in [0.4, 0.5) is 23.9 Å². The Labute approximate surface area is 130 Å². The summed E-state index contributed by atoms with van der Waals surface area (Å²) in [7, 11) is 1.77. The summed E-state index contributed by atoms with van der Waals surface area (Å²) in [6, 6.07) is 11.1. The molecule has 0 atom stereocenters. The van der Waals surface area contributed by atoms with Crippen LogP contribution in [0, 0.1) is 0 Å². The molecule has 2 aromatic heterocycles. The summed E-state index contributed by atoms with van der Waals surface area (Å²) >= 11 is 1.49. The Balaban J connectivity index is 1.99. The van der Waals surface area contributed by atoms with Crippen molar-refractivity contribution in [3.63, 3.8) is 0 Å². The van der Waals surface area contributed by atoms with Gasteiger partial charge < -0.3 is 9.47 Å². The first-order valence-electron chi connectivity index (χ1n) is 6.58. The SMILES string of the molecule is CN(c1cccc(C(F)(F)F)c1)c1sccc1-n1cccc1. The van der Waals surface area contributed by atoms with E-state index >= 15 is 0 Å². The second-order valence-electron chi connectivity index (χ2n) is 4.81. The van der Waals surface area contributed by atoms with Gasteiger partial charge in [-0.25, -0.2) is 0 Å². The molecule has 0 radical (unpaired) electrons. The molecule has 0 spiro atoms. The average molecular weight is 322 g/mol. The number of aromatic nitrogens is 1. The maximum atomic E-state index is 12.9. The highest BCUT2D eigenvalue weighted by molar-refractivity contribution is 7.14. The molecule has 2 heterocycles.